The van der Waals surface area contributed by atoms with E-state index in [-0.39, 0.29) is 12.4 Å². The molecule has 1 aliphatic heterocycles. The lowest BCUT2D eigenvalue weighted by atomic mass is 10.1. The van der Waals surface area contributed by atoms with Gasteiger partial charge in [0.25, 0.3) is 5.91 Å². The van der Waals surface area contributed by atoms with Crippen LogP contribution in [0.25, 0.3) is 17.3 Å². The summed E-state index contributed by atoms with van der Waals surface area (Å²) in [4.78, 5) is 12.7. The Hall–Kier alpha value is -4.45. The minimum absolute atomic E-state index is 0.0826. The molecule has 1 amide bonds. The van der Waals surface area contributed by atoms with Crippen molar-refractivity contribution in [1.29, 1.82) is 5.26 Å². The Morgan fingerprint density at radius 2 is 1.97 bits per heavy atom. The predicted molar refractivity (Wildman–Crippen MR) is 112 cm³/mol. The van der Waals surface area contributed by atoms with E-state index < -0.39 is 5.91 Å². The first-order chi connectivity index (χ1) is 15.1. The summed E-state index contributed by atoms with van der Waals surface area (Å²) in [7, 11) is 3.10. The first-order valence-electron chi connectivity index (χ1n) is 9.21. The van der Waals surface area contributed by atoms with Crippen LogP contribution in [0.1, 0.15) is 5.56 Å². The second-order valence-corrected chi connectivity index (χ2v) is 6.46. The molecular weight excluding hydrogens is 400 g/mol. The maximum absolute atomic E-state index is 12.7. The number of rotatable bonds is 6. The van der Waals surface area contributed by atoms with Crippen molar-refractivity contribution < 1.29 is 23.7 Å². The Morgan fingerprint density at radius 3 is 2.74 bits per heavy atom. The highest BCUT2D eigenvalue weighted by atomic mass is 16.7. The highest BCUT2D eigenvalue weighted by Crippen LogP contribution is 2.35. The number of H-pyrrole nitrogens is 1. The van der Waals surface area contributed by atoms with E-state index in [0.29, 0.717) is 39.9 Å². The number of anilines is 1. The molecule has 2 heterocycles. The number of nitrogens with zero attached hydrogens (tertiary/aromatic N) is 2. The molecule has 0 aliphatic carbocycles. The Labute approximate surface area is 177 Å². The standard InChI is InChI=1S/C22H18N4O5/c1-28-17-5-3-13(8-19(17)29-2)21-15(11-24-26-21)7-14(10-23)22(27)25-16-4-6-18-20(9-16)31-12-30-18/h3-9,11H,12H2,1-2H3,(H,24,26)(H,25,27)/b14-7+. The third-order valence-electron chi connectivity index (χ3n) is 4.64. The molecule has 156 valence electrons. The van der Waals surface area contributed by atoms with Crippen LogP contribution >= 0.6 is 0 Å². The van der Waals surface area contributed by atoms with Crippen LogP contribution in [-0.4, -0.2) is 37.1 Å². The summed E-state index contributed by atoms with van der Waals surface area (Å²) in [5.41, 5.74) is 2.37. The number of methoxy groups -OCH3 is 2. The number of hydrogen-bond donors (Lipinski definition) is 2. The van der Waals surface area contributed by atoms with Gasteiger partial charge in [-0.05, 0) is 36.4 Å². The number of nitrogens with one attached hydrogen (secondary N) is 2. The van der Waals surface area contributed by atoms with Gasteiger partial charge in [0.15, 0.2) is 23.0 Å². The molecule has 0 saturated carbocycles. The monoisotopic (exact) mass is 418 g/mol. The van der Waals surface area contributed by atoms with Crippen molar-refractivity contribution >= 4 is 17.7 Å². The summed E-state index contributed by atoms with van der Waals surface area (Å²) < 4.78 is 21.2. The molecule has 0 spiro atoms. The number of fused-ring (bicyclic) bond motifs is 1. The summed E-state index contributed by atoms with van der Waals surface area (Å²) in [6, 6.07) is 12.3. The molecule has 3 aromatic rings. The fourth-order valence-corrected chi connectivity index (χ4v) is 3.10. The van der Waals surface area contributed by atoms with E-state index >= 15 is 0 Å². The molecule has 0 saturated heterocycles. The molecule has 2 aromatic carbocycles. The Balaban J connectivity index is 1.60. The van der Waals surface area contributed by atoms with Crippen molar-refractivity contribution in [2.24, 2.45) is 0 Å². The van der Waals surface area contributed by atoms with Crippen LogP contribution in [0.2, 0.25) is 0 Å². The molecule has 0 bridgehead atoms. The van der Waals surface area contributed by atoms with Gasteiger partial charge in [-0.3, -0.25) is 9.89 Å². The van der Waals surface area contributed by atoms with Gasteiger partial charge in [-0.15, -0.1) is 0 Å². The normalized spacial score (nSPS) is 12.2. The van der Waals surface area contributed by atoms with E-state index in [4.69, 9.17) is 18.9 Å². The quantitative estimate of drug-likeness (QED) is 0.465. The lowest BCUT2D eigenvalue weighted by Crippen LogP contribution is -2.13. The van der Waals surface area contributed by atoms with E-state index in [2.05, 4.69) is 15.5 Å². The Kier molecular flexibility index (Phi) is 5.45. The van der Waals surface area contributed by atoms with Crippen LogP contribution in [0.3, 0.4) is 0 Å². The smallest absolute Gasteiger partial charge is 0.266 e. The van der Waals surface area contributed by atoms with Crippen LogP contribution in [0.5, 0.6) is 23.0 Å². The van der Waals surface area contributed by atoms with Crippen LogP contribution < -0.4 is 24.3 Å². The van der Waals surface area contributed by atoms with Crippen molar-refractivity contribution in [1.82, 2.24) is 10.2 Å². The van der Waals surface area contributed by atoms with Gasteiger partial charge in [0.1, 0.15) is 11.6 Å². The minimum atomic E-state index is -0.555. The fourth-order valence-electron chi connectivity index (χ4n) is 3.10. The zero-order chi connectivity index (χ0) is 21.8. The number of benzene rings is 2. The lowest BCUT2D eigenvalue weighted by Gasteiger charge is -2.09. The van der Waals surface area contributed by atoms with Crippen LogP contribution in [0, 0.1) is 11.3 Å². The minimum Gasteiger partial charge on any atom is -0.493 e. The second-order valence-electron chi connectivity index (χ2n) is 6.46. The summed E-state index contributed by atoms with van der Waals surface area (Å²) in [5.74, 6) is 1.72. The van der Waals surface area contributed by atoms with Gasteiger partial charge in [-0.2, -0.15) is 10.4 Å². The van der Waals surface area contributed by atoms with E-state index in [1.165, 1.54) is 12.3 Å². The number of amides is 1. The van der Waals surface area contributed by atoms with Crippen molar-refractivity contribution in [3.05, 3.63) is 53.7 Å². The summed E-state index contributed by atoms with van der Waals surface area (Å²) in [6.07, 6.45) is 3.01. The van der Waals surface area contributed by atoms with Gasteiger partial charge in [-0.1, -0.05) is 0 Å². The maximum atomic E-state index is 12.7. The van der Waals surface area contributed by atoms with Crippen molar-refractivity contribution in [2.45, 2.75) is 0 Å². The van der Waals surface area contributed by atoms with Gasteiger partial charge >= 0.3 is 0 Å². The molecule has 1 aromatic heterocycles. The molecule has 0 unspecified atom stereocenters. The molecule has 2 N–H and O–H groups in total. The summed E-state index contributed by atoms with van der Waals surface area (Å²) >= 11 is 0. The summed E-state index contributed by atoms with van der Waals surface area (Å²) in [5, 5.41) is 19.2. The Bertz CT molecular complexity index is 1210. The number of aromatic amines is 1. The number of carbonyl (C=O) groups is 1. The van der Waals surface area contributed by atoms with Crippen molar-refractivity contribution in [2.75, 3.05) is 26.3 Å². The number of carbonyl (C=O) groups excluding carboxylic acids is 1. The molecule has 0 fully saturated rings. The molecule has 31 heavy (non-hydrogen) atoms. The second kappa shape index (κ2) is 8.51. The van der Waals surface area contributed by atoms with Gasteiger partial charge in [0, 0.05) is 22.9 Å². The molecular formula is C22H18N4O5. The predicted octanol–water partition coefficient (Wildman–Crippen LogP) is 3.37. The number of aromatic nitrogens is 2. The van der Waals surface area contributed by atoms with Crippen LogP contribution in [-0.2, 0) is 4.79 Å². The van der Waals surface area contributed by atoms with Gasteiger partial charge in [0.2, 0.25) is 6.79 Å². The number of ether oxygens (including phenoxy) is 4. The van der Waals surface area contributed by atoms with E-state index in [9.17, 15) is 10.1 Å². The third kappa shape index (κ3) is 4.00. The zero-order valence-electron chi connectivity index (χ0n) is 16.8. The largest absolute Gasteiger partial charge is 0.493 e. The SMILES string of the molecule is COc1ccc(-c2[nH]ncc2/C=C(\C#N)C(=O)Nc2ccc3c(c2)OCO3)cc1OC. The molecule has 0 radical (unpaired) electrons. The van der Waals surface area contributed by atoms with Crippen LogP contribution in [0.15, 0.2) is 48.2 Å². The molecule has 4 rings (SSSR count). The average molecular weight is 418 g/mol. The van der Waals surface area contributed by atoms with E-state index in [1.54, 1.807) is 44.6 Å². The molecule has 0 atom stereocenters. The average Bonchev–Trinajstić information content (AvgIpc) is 3.45. The maximum Gasteiger partial charge on any atom is 0.266 e. The first kappa shape index (κ1) is 19.8. The molecule has 9 heteroatoms. The van der Waals surface area contributed by atoms with Crippen LogP contribution in [0.4, 0.5) is 5.69 Å². The molecule has 1 aliphatic rings. The first-order valence-corrected chi connectivity index (χ1v) is 9.21. The van der Waals surface area contributed by atoms with Gasteiger partial charge in [0.05, 0.1) is 26.1 Å². The topological polar surface area (TPSA) is 118 Å². The Morgan fingerprint density at radius 1 is 1.16 bits per heavy atom. The van der Waals surface area contributed by atoms with Crippen molar-refractivity contribution in [3.8, 4) is 40.3 Å². The highest BCUT2D eigenvalue weighted by Gasteiger charge is 2.17. The summed E-state index contributed by atoms with van der Waals surface area (Å²) in [6.45, 7) is 0.134. The van der Waals surface area contributed by atoms with Gasteiger partial charge < -0.3 is 24.3 Å². The fraction of sp³-hybridized carbons (Fsp3) is 0.136. The zero-order valence-corrected chi connectivity index (χ0v) is 16.8. The number of nitriles is 1. The number of hydrogen-bond acceptors (Lipinski definition) is 7. The lowest BCUT2D eigenvalue weighted by molar-refractivity contribution is -0.112. The van der Waals surface area contributed by atoms with E-state index in [1.807, 2.05) is 12.1 Å². The van der Waals surface area contributed by atoms with Crippen molar-refractivity contribution in [3.63, 3.8) is 0 Å². The molecule has 9 nitrogen and oxygen atoms in total. The van der Waals surface area contributed by atoms with E-state index in [0.717, 1.165) is 5.56 Å². The third-order valence-corrected chi connectivity index (χ3v) is 4.64. The van der Waals surface area contributed by atoms with Gasteiger partial charge in [-0.25, -0.2) is 0 Å². The highest BCUT2D eigenvalue weighted by molar-refractivity contribution is 6.10.